The highest BCUT2D eigenvalue weighted by Crippen LogP contribution is 2.13. The summed E-state index contributed by atoms with van der Waals surface area (Å²) in [5, 5.41) is 0. The fourth-order valence-electron chi connectivity index (χ4n) is 1.12. The first-order chi connectivity index (χ1) is 6.52. The van der Waals surface area contributed by atoms with Gasteiger partial charge in [-0.3, -0.25) is 9.59 Å². The summed E-state index contributed by atoms with van der Waals surface area (Å²) in [7, 11) is 1.52. The highest BCUT2D eigenvalue weighted by Gasteiger charge is 2.15. The Kier molecular flexibility index (Phi) is 2.86. The van der Waals surface area contributed by atoms with Crippen LogP contribution < -0.4 is 10.6 Å². The SMILES string of the molecule is Cc1cccc(N(C)C(=O)C(N)=O)c1. The predicted octanol–water partition coefficient (Wildman–Crippen LogP) is 0.443. The number of carbonyl (C=O) groups excluding carboxylic acids is 2. The number of amides is 2. The van der Waals surface area contributed by atoms with Crippen LogP contribution in [0.25, 0.3) is 0 Å². The quantitative estimate of drug-likeness (QED) is 0.656. The van der Waals surface area contributed by atoms with E-state index in [0.29, 0.717) is 5.69 Å². The molecule has 4 nitrogen and oxygen atoms in total. The Morgan fingerprint density at radius 3 is 2.50 bits per heavy atom. The molecule has 0 saturated heterocycles. The van der Waals surface area contributed by atoms with E-state index in [9.17, 15) is 9.59 Å². The lowest BCUT2D eigenvalue weighted by molar-refractivity contribution is -0.135. The maximum Gasteiger partial charge on any atom is 0.315 e. The van der Waals surface area contributed by atoms with E-state index < -0.39 is 11.8 Å². The van der Waals surface area contributed by atoms with E-state index in [2.05, 4.69) is 0 Å². The Morgan fingerprint density at radius 1 is 1.36 bits per heavy atom. The van der Waals surface area contributed by atoms with Crippen molar-refractivity contribution in [2.45, 2.75) is 6.92 Å². The van der Waals surface area contributed by atoms with Crippen molar-refractivity contribution in [1.82, 2.24) is 0 Å². The second kappa shape index (κ2) is 3.91. The van der Waals surface area contributed by atoms with Crippen molar-refractivity contribution in [2.24, 2.45) is 5.73 Å². The lowest BCUT2D eigenvalue weighted by Gasteiger charge is -2.15. The van der Waals surface area contributed by atoms with Crippen LogP contribution in [0, 0.1) is 6.92 Å². The van der Waals surface area contributed by atoms with Crippen molar-refractivity contribution in [1.29, 1.82) is 0 Å². The molecular weight excluding hydrogens is 180 g/mol. The van der Waals surface area contributed by atoms with Crippen LogP contribution in [0.5, 0.6) is 0 Å². The molecule has 2 N–H and O–H groups in total. The van der Waals surface area contributed by atoms with Crippen LogP contribution in [0.4, 0.5) is 5.69 Å². The zero-order chi connectivity index (χ0) is 10.7. The molecule has 0 aliphatic carbocycles. The minimum atomic E-state index is -0.950. The summed E-state index contributed by atoms with van der Waals surface area (Å²) in [6, 6.07) is 7.27. The van der Waals surface area contributed by atoms with Gasteiger partial charge in [-0.2, -0.15) is 0 Å². The first kappa shape index (κ1) is 10.2. The maximum absolute atomic E-state index is 11.2. The van der Waals surface area contributed by atoms with E-state index in [0.717, 1.165) is 5.56 Å². The Labute approximate surface area is 82.3 Å². The van der Waals surface area contributed by atoms with Crippen molar-refractivity contribution in [3.63, 3.8) is 0 Å². The summed E-state index contributed by atoms with van der Waals surface area (Å²) in [6.07, 6.45) is 0. The zero-order valence-corrected chi connectivity index (χ0v) is 8.15. The van der Waals surface area contributed by atoms with Gasteiger partial charge in [0.05, 0.1) is 0 Å². The molecule has 0 atom stereocenters. The summed E-state index contributed by atoms with van der Waals surface area (Å²) in [4.78, 5) is 23.1. The number of primary amides is 1. The molecule has 0 bridgehead atoms. The summed E-state index contributed by atoms with van der Waals surface area (Å²) in [5.74, 6) is -1.66. The lowest BCUT2D eigenvalue weighted by Crippen LogP contribution is -2.37. The average Bonchev–Trinajstić information content (AvgIpc) is 2.15. The minimum absolute atomic E-state index is 0.661. The number of nitrogens with two attached hydrogens (primary N) is 1. The molecule has 74 valence electrons. The minimum Gasteiger partial charge on any atom is -0.361 e. The third-order valence-electron chi connectivity index (χ3n) is 1.90. The molecule has 2 amide bonds. The molecule has 0 unspecified atom stereocenters. The number of likely N-dealkylation sites (N-methyl/N-ethyl adjacent to an activating group) is 1. The molecule has 14 heavy (non-hydrogen) atoms. The molecular formula is C10H12N2O2. The van der Waals surface area contributed by atoms with Gasteiger partial charge in [-0.15, -0.1) is 0 Å². The third kappa shape index (κ3) is 2.10. The number of benzene rings is 1. The van der Waals surface area contributed by atoms with Gasteiger partial charge in [-0.1, -0.05) is 12.1 Å². The van der Waals surface area contributed by atoms with Crippen LogP contribution >= 0.6 is 0 Å². The van der Waals surface area contributed by atoms with Crippen molar-refractivity contribution >= 4 is 17.5 Å². The van der Waals surface area contributed by atoms with Crippen molar-refractivity contribution in [3.8, 4) is 0 Å². The molecule has 0 aromatic heterocycles. The van der Waals surface area contributed by atoms with E-state index in [1.807, 2.05) is 19.1 Å². The smallest absolute Gasteiger partial charge is 0.315 e. The van der Waals surface area contributed by atoms with Gasteiger partial charge in [0.15, 0.2) is 0 Å². The van der Waals surface area contributed by atoms with Crippen LogP contribution in [-0.2, 0) is 9.59 Å². The van der Waals surface area contributed by atoms with Gasteiger partial charge in [-0.25, -0.2) is 0 Å². The Morgan fingerprint density at radius 2 is 2.00 bits per heavy atom. The van der Waals surface area contributed by atoms with Crippen molar-refractivity contribution in [3.05, 3.63) is 29.8 Å². The molecule has 4 heteroatoms. The number of nitrogens with zero attached hydrogens (tertiary/aromatic N) is 1. The van der Waals surface area contributed by atoms with Gasteiger partial charge in [0, 0.05) is 12.7 Å². The number of rotatable bonds is 1. The number of hydrogen-bond donors (Lipinski definition) is 1. The van der Waals surface area contributed by atoms with Gasteiger partial charge in [-0.05, 0) is 24.6 Å². The highest BCUT2D eigenvalue weighted by atomic mass is 16.2. The number of carbonyl (C=O) groups is 2. The second-order valence-corrected chi connectivity index (χ2v) is 3.07. The van der Waals surface area contributed by atoms with Crippen LogP contribution in [0.2, 0.25) is 0 Å². The Bertz CT molecular complexity index is 374. The molecule has 1 rings (SSSR count). The van der Waals surface area contributed by atoms with E-state index >= 15 is 0 Å². The molecule has 0 heterocycles. The lowest BCUT2D eigenvalue weighted by atomic mass is 10.2. The Hall–Kier alpha value is -1.84. The first-order valence-electron chi connectivity index (χ1n) is 4.16. The topological polar surface area (TPSA) is 63.4 Å². The fourth-order valence-corrected chi connectivity index (χ4v) is 1.12. The standard InChI is InChI=1S/C10H12N2O2/c1-7-4-3-5-8(6-7)12(2)10(14)9(11)13/h3-6H,1-2H3,(H2,11,13). The van der Waals surface area contributed by atoms with E-state index in [1.165, 1.54) is 11.9 Å². The first-order valence-corrected chi connectivity index (χ1v) is 4.16. The van der Waals surface area contributed by atoms with Gasteiger partial charge in [0.2, 0.25) is 0 Å². The zero-order valence-electron chi connectivity index (χ0n) is 8.15. The van der Waals surface area contributed by atoms with E-state index in [1.54, 1.807) is 12.1 Å². The molecule has 0 saturated carbocycles. The fraction of sp³-hybridized carbons (Fsp3) is 0.200. The summed E-state index contributed by atoms with van der Waals surface area (Å²) in [6.45, 7) is 1.91. The number of aryl methyl sites for hydroxylation is 1. The second-order valence-electron chi connectivity index (χ2n) is 3.07. The molecule has 0 aliphatic rings. The molecule has 1 aromatic rings. The molecule has 0 fully saturated rings. The summed E-state index contributed by atoms with van der Waals surface area (Å²) >= 11 is 0. The van der Waals surface area contributed by atoms with Crippen LogP contribution in [0.15, 0.2) is 24.3 Å². The molecule has 0 spiro atoms. The molecule has 0 aliphatic heterocycles. The van der Waals surface area contributed by atoms with Crippen LogP contribution in [-0.4, -0.2) is 18.9 Å². The monoisotopic (exact) mass is 192 g/mol. The van der Waals surface area contributed by atoms with Gasteiger partial charge in [0.25, 0.3) is 0 Å². The van der Waals surface area contributed by atoms with E-state index in [4.69, 9.17) is 5.73 Å². The largest absolute Gasteiger partial charge is 0.361 e. The van der Waals surface area contributed by atoms with Gasteiger partial charge < -0.3 is 10.6 Å². The highest BCUT2D eigenvalue weighted by molar-refractivity contribution is 6.39. The van der Waals surface area contributed by atoms with Crippen LogP contribution in [0.1, 0.15) is 5.56 Å². The van der Waals surface area contributed by atoms with Crippen molar-refractivity contribution < 1.29 is 9.59 Å². The number of anilines is 1. The van der Waals surface area contributed by atoms with Gasteiger partial charge >= 0.3 is 11.8 Å². The summed E-state index contributed by atoms with van der Waals surface area (Å²) in [5.41, 5.74) is 6.56. The third-order valence-corrected chi connectivity index (χ3v) is 1.90. The van der Waals surface area contributed by atoms with E-state index in [-0.39, 0.29) is 0 Å². The maximum atomic E-state index is 11.2. The molecule has 1 aromatic carbocycles. The van der Waals surface area contributed by atoms with Gasteiger partial charge in [0.1, 0.15) is 0 Å². The van der Waals surface area contributed by atoms with Crippen LogP contribution in [0.3, 0.4) is 0 Å². The summed E-state index contributed by atoms with van der Waals surface area (Å²) < 4.78 is 0. The molecule has 0 radical (unpaired) electrons. The number of hydrogen-bond acceptors (Lipinski definition) is 2. The average molecular weight is 192 g/mol. The van der Waals surface area contributed by atoms with Crippen molar-refractivity contribution in [2.75, 3.05) is 11.9 Å². The predicted molar refractivity (Wildman–Crippen MR) is 53.8 cm³/mol. The Balaban J connectivity index is 2.95. The normalized spacial score (nSPS) is 9.57.